The summed E-state index contributed by atoms with van der Waals surface area (Å²) in [7, 11) is 0. The fraction of sp³-hybridized carbons (Fsp3) is 0. The highest BCUT2D eigenvalue weighted by Crippen LogP contribution is 1.99. The largest absolute Gasteiger partial charge is 0.107 e. The van der Waals surface area contributed by atoms with Crippen LogP contribution < -0.4 is 0 Å². The molecular weight excluding hydrogens is 104 g/mol. The average molecular weight is 112 g/mol. The molecule has 38 valence electrons. The van der Waals surface area contributed by atoms with Crippen LogP contribution in [0.25, 0.3) is 0 Å². The normalized spacial score (nSPS) is 9.14. The molecule has 7 heavy (non-hydrogen) atoms. The third-order valence-corrected chi connectivity index (χ3v) is 0.896. The molecule has 0 saturated heterocycles. The van der Waals surface area contributed by atoms with Crippen molar-refractivity contribution in [1.82, 2.24) is 0 Å². The molecule has 0 radical (unpaired) electrons. The van der Waals surface area contributed by atoms with E-state index in [1.54, 1.807) is 23.2 Å². The highest BCUT2D eigenvalue weighted by Gasteiger charge is 1.59. The predicted molar refractivity (Wildman–Crippen MR) is 37.1 cm³/mol. The molecule has 0 nitrogen and oxygen atoms in total. The third kappa shape index (κ3) is 5.57. The summed E-state index contributed by atoms with van der Waals surface area (Å²) in [4.78, 5) is 0. The topological polar surface area (TPSA) is 0 Å². The van der Waals surface area contributed by atoms with Gasteiger partial charge in [0.25, 0.3) is 0 Å². The van der Waals surface area contributed by atoms with Crippen molar-refractivity contribution in [1.29, 1.82) is 0 Å². The average Bonchev–Trinajstić information content (AvgIpc) is 1.69. The zero-order valence-corrected chi connectivity index (χ0v) is 4.95. The van der Waals surface area contributed by atoms with Gasteiger partial charge in [0.05, 0.1) is 0 Å². The van der Waals surface area contributed by atoms with Gasteiger partial charge in [0, 0.05) is 0 Å². The van der Waals surface area contributed by atoms with Gasteiger partial charge in [-0.3, -0.25) is 0 Å². The van der Waals surface area contributed by atoms with Crippen molar-refractivity contribution in [3.8, 4) is 0 Å². The second-order valence-corrected chi connectivity index (χ2v) is 1.74. The Labute approximate surface area is 48.6 Å². The SMILES string of the molecule is C=CC=CSC=C. The Morgan fingerprint density at radius 3 is 2.43 bits per heavy atom. The van der Waals surface area contributed by atoms with Crippen molar-refractivity contribution in [2.24, 2.45) is 0 Å². The highest BCUT2D eigenvalue weighted by atomic mass is 32.2. The molecule has 0 aliphatic heterocycles. The van der Waals surface area contributed by atoms with Gasteiger partial charge in [-0.15, -0.1) is 11.8 Å². The molecule has 0 heterocycles. The second kappa shape index (κ2) is 5.57. The molecule has 0 bridgehead atoms. The van der Waals surface area contributed by atoms with Crippen molar-refractivity contribution in [2.45, 2.75) is 0 Å². The first-order valence-corrected chi connectivity index (χ1v) is 2.90. The number of rotatable bonds is 3. The minimum absolute atomic E-state index is 1.54. The summed E-state index contributed by atoms with van der Waals surface area (Å²) >= 11 is 1.54. The minimum Gasteiger partial charge on any atom is -0.107 e. The zero-order chi connectivity index (χ0) is 5.54. The molecule has 0 atom stereocenters. The van der Waals surface area contributed by atoms with Gasteiger partial charge in [0.1, 0.15) is 0 Å². The van der Waals surface area contributed by atoms with E-state index in [9.17, 15) is 0 Å². The van der Waals surface area contributed by atoms with E-state index in [-0.39, 0.29) is 0 Å². The molecule has 1 heteroatoms. The first-order valence-electron chi connectivity index (χ1n) is 1.95. The van der Waals surface area contributed by atoms with Crippen LogP contribution in [-0.4, -0.2) is 0 Å². The first kappa shape index (κ1) is 6.57. The van der Waals surface area contributed by atoms with E-state index in [1.165, 1.54) is 0 Å². The van der Waals surface area contributed by atoms with Crippen LogP contribution in [0.1, 0.15) is 0 Å². The van der Waals surface area contributed by atoms with Gasteiger partial charge in [-0.25, -0.2) is 0 Å². The predicted octanol–water partition coefficient (Wildman–Crippen LogP) is 2.56. The molecule has 0 rings (SSSR count). The molecule has 0 aliphatic rings. The number of allylic oxidation sites excluding steroid dienone is 2. The van der Waals surface area contributed by atoms with Crippen LogP contribution in [0.5, 0.6) is 0 Å². The van der Waals surface area contributed by atoms with Crippen LogP contribution in [-0.2, 0) is 0 Å². The summed E-state index contributed by atoms with van der Waals surface area (Å²) < 4.78 is 0. The summed E-state index contributed by atoms with van der Waals surface area (Å²) in [5.74, 6) is 0. The summed E-state index contributed by atoms with van der Waals surface area (Å²) in [5.41, 5.74) is 0. The maximum Gasteiger partial charge on any atom is -0.0249 e. The Kier molecular flexibility index (Phi) is 5.23. The molecule has 0 aliphatic carbocycles. The Morgan fingerprint density at radius 2 is 2.00 bits per heavy atom. The number of hydrogen-bond donors (Lipinski definition) is 0. The lowest BCUT2D eigenvalue weighted by molar-refractivity contribution is 2.12. The van der Waals surface area contributed by atoms with Crippen LogP contribution in [0.3, 0.4) is 0 Å². The van der Waals surface area contributed by atoms with Crippen molar-refractivity contribution in [2.75, 3.05) is 0 Å². The van der Waals surface area contributed by atoms with E-state index in [0.29, 0.717) is 0 Å². The lowest BCUT2D eigenvalue weighted by atomic mass is 10.6. The monoisotopic (exact) mass is 112 g/mol. The first-order chi connectivity index (χ1) is 3.41. The number of thioether (sulfide) groups is 1. The molecule has 0 N–H and O–H groups in total. The number of hydrogen-bond acceptors (Lipinski definition) is 1. The lowest BCUT2D eigenvalue weighted by Crippen LogP contribution is -1.38. The van der Waals surface area contributed by atoms with Gasteiger partial charge in [0.15, 0.2) is 0 Å². The van der Waals surface area contributed by atoms with E-state index in [1.807, 2.05) is 11.5 Å². The Bertz CT molecular complexity index is 82.2. The molecule has 0 saturated carbocycles. The van der Waals surface area contributed by atoms with Gasteiger partial charge in [-0.2, -0.15) is 0 Å². The molecule has 0 spiro atoms. The van der Waals surface area contributed by atoms with E-state index >= 15 is 0 Å². The lowest BCUT2D eigenvalue weighted by Gasteiger charge is -1.71. The molecule has 0 aromatic carbocycles. The maximum atomic E-state index is 3.51. The summed E-state index contributed by atoms with van der Waals surface area (Å²) in [6, 6.07) is 0. The van der Waals surface area contributed by atoms with Gasteiger partial charge < -0.3 is 0 Å². The molecule has 0 amide bonds. The summed E-state index contributed by atoms with van der Waals surface area (Å²) in [6.45, 7) is 7.01. The van der Waals surface area contributed by atoms with Gasteiger partial charge in [-0.05, 0) is 10.8 Å². The molecule has 0 aromatic heterocycles. The fourth-order valence-corrected chi connectivity index (χ4v) is 0.469. The van der Waals surface area contributed by atoms with E-state index in [0.717, 1.165) is 0 Å². The van der Waals surface area contributed by atoms with E-state index in [4.69, 9.17) is 0 Å². The molecule has 0 fully saturated rings. The van der Waals surface area contributed by atoms with Crippen LogP contribution in [0.15, 0.2) is 36.1 Å². The third-order valence-electron chi connectivity index (χ3n) is 0.389. The smallest absolute Gasteiger partial charge is 0.0249 e. The van der Waals surface area contributed by atoms with E-state index in [2.05, 4.69) is 13.2 Å². The Morgan fingerprint density at radius 1 is 1.29 bits per heavy atom. The van der Waals surface area contributed by atoms with Crippen molar-refractivity contribution in [3.63, 3.8) is 0 Å². The molecule has 0 aromatic rings. The summed E-state index contributed by atoms with van der Waals surface area (Å²) in [6.07, 6.45) is 3.60. The zero-order valence-electron chi connectivity index (χ0n) is 4.13. The van der Waals surface area contributed by atoms with Gasteiger partial charge >= 0.3 is 0 Å². The van der Waals surface area contributed by atoms with Crippen LogP contribution >= 0.6 is 11.8 Å². The maximum absolute atomic E-state index is 3.51. The van der Waals surface area contributed by atoms with Crippen LogP contribution in [0.4, 0.5) is 0 Å². The van der Waals surface area contributed by atoms with Crippen LogP contribution in [0.2, 0.25) is 0 Å². The van der Waals surface area contributed by atoms with Crippen LogP contribution in [0, 0.1) is 0 Å². The highest BCUT2D eigenvalue weighted by molar-refractivity contribution is 8.04. The quantitative estimate of drug-likeness (QED) is 0.505. The fourth-order valence-electron chi connectivity index (χ4n) is 0.156. The van der Waals surface area contributed by atoms with Gasteiger partial charge in [0.2, 0.25) is 0 Å². The van der Waals surface area contributed by atoms with E-state index < -0.39 is 0 Å². The molecular formula is C6H8S. The Hall–Kier alpha value is -0.430. The van der Waals surface area contributed by atoms with Crippen molar-refractivity contribution < 1.29 is 0 Å². The second-order valence-electron chi connectivity index (χ2n) is 0.867. The van der Waals surface area contributed by atoms with Crippen molar-refractivity contribution >= 4 is 11.8 Å². The summed E-state index contributed by atoms with van der Waals surface area (Å²) in [5, 5.41) is 3.68. The van der Waals surface area contributed by atoms with Crippen molar-refractivity contribution in [3.05, 3.63) is 36.1 Å². The minimum atomic E-state index is 1.54. The van der Waals surface area contributed by atoms with Gasteiger partial charge in [-0.1, -0.05) is 25.3 Å². The Balaban J connectivity index is 3.08. The molecule has 0 unspecified atom stereocenters. The standard InChI is InChI=1S/C6H8S/c1-3-5-6-7-4-2/h3-6H,1-2H2.